The van der Waals surface area contributed by atoms with Crippen LogP contribution in [-0.4, -0.2) is 25.8 Å². The minimum absolute atomic E-state index is 0.137. The van der Waals surface area contributed by atoms with E-state index in [1.54, 1.807) is 37.4 Å². The molecule has 0 bridgehead atoms. The second kappa shape index (κ2) is 8.91. The summed E-state index contributed by atoms with van der Waals surface area (Å²) in [5.74, 6) is 0.735. The van der Waals surface area contributed by atoms with Gasteiger partial charge in [0.1, 0.15) is 18.1 Å². The van der Waals surface area contributed by atoms with Gasteiger partial charge in [0.05, 0.1) is 17.5 Å². The number of aromatic nitrogens is 4. The molecule has 0 aliphatic heterocycles. The number of hydrogen-bond acceptors (Lipinski definition) is 7. The van der Waals surface area contributed by atoms with Crippen LogP contribution in [0.3, 0.4) is 0 Å². The van der Waals surface area contributed by atoms with E-state index in [0.29, 0.717) is 27.2 Å². The smallest absolute Gasteiger partial charge is 0.280 e. The Balaban J connectivity index is 1.47. The van der Waals surface area contributed by atoms with Crippen molar-refractivity contribution in [2.75, 3.05) is 5.32 Å². The van der Waals surface area contributed by atoms with Gasteiger partial charge in [-0.3, -0.25) is 14.8 Å². The topological polar surface area (TPSA) is 95.1 Å². The monoisotopic (exact) mass is 457 g/mol. The second-order valence-corrected chi connectivity index (χ2v) is 8.05. The fraction of sp³-hybridized carbons (Fsp3) is 0.238. The van der Waals surface area contributed by atoms with Gasteiger partial charge in [0.25, 0.3) is 5.91 Å². The van der Waals surface area contributed by atoms with Crippen molar-refractivity contribution in [3.63, 3.8) is 0 Å². The van der Waals surface area contributed by atoms with Crippen LogP contribution in [0.2, 0.25) is 5.02 Å². The zero-order chi connectivity index (χ0) is 22.0. The molecule has 1 amide bonds. The molecule has 0 spiro atoms. The Labute approximate surface area is 187 Å². The summed E-state index contributed by atoms with van der Waals surface area (Å²) in [6.45, 7) is 6.68. The third kappa shape index (κ3) is 4.47. The van der Waals surface area contributed by atoms with Crippen LogP contribution in [0, 0.1) is 13.8 Å². The Bertz CT molecular complexity index is 1210. The van der Waals surface area contributed by atoms with Crippen LogP contribution in [-0.2, 0) is 13.2 Å². The zero-order valence-electron chi connectivity index (χ0n) is 17.2. The van der Waals surface area contributed by atoms with E-state index < -0.39 is 5.91 Å². The average molecular weight is 458 g/mol. The van der Waals surface area contributed by atoms with Crippen molar-refractivity contribution in [3.05, 3.63) is 63.6 Å². The molecule has 0 atom stereocenters. The molecule has 1 N–H and O–H groups in total. The van der Waals surface area contributed by atoms with E-state index in [2.05, 4.69) is 20.6 Å². The lowest BCUT2D eigenvalue weighted by Gasteiger charge is -2.06. The molecule has 3 aromatic heterocycles. The molecule has 1 aromatic carbocycles. The molecule has 0 radical (unpaired) electrons. The number of nitrogens with one attached hydrogen (secondary N) is 1. The number of hydrogen-bond donors (Lipinski definition) is 1. The van der Waals surface area contributed by atoms with Crippen molar-refractivity contribution < 1.29 is 14.1 Å². The van der Waals surface area contributed by atoms with Gasteiger partial charge in [0.2, 0.25) is 0 Å². The molecular weight excluding hydrogens is 438 g/mol. The standard InChI is InChI=1S/C21H20ClN5O3S/c1-4-27-12(2)16(9-23-27)18-11-31-21(24-18)25-20(28)19-17(13(3)30-26-19)10-29-15-7-5-14(22)6-8-15/h5-9,11H,4,10H2,1-3H3,(H,24,25,28). The lowest BCUT2D eigenvalue weighted by Crippen LogP contribution is -2.15. The van der Waals surface area contributed by atoms with Crippen LogP contribution in [0.15, 0.2) is 40.4 Å². The van der Waals surface area contributed by atoms with Gasteiger partial charge in [-0.15, -0.1) is 11.3 Å². The number of ether oxygens (including phenoxy) is 1. The first-order chi connectivity index (χ1) is 15.0. The molecular formula is C21H20ClN5O3S. The van der Waals surface area contributed by atoms with E-state index in [0.717, 1.165) is 23.5 Å². The van der Waals surface area contributed by atoms with Crippen LogP contribution in [0.4, 0.5) is 5.13 Å². The highest BCUT2D eigenvalue weighted by Gasteiger charge is 2.22. The maximum absolute atomic E-state index is 12.8. The third-order valence-corrected chi connectivity index (χ3v) is 5.81. The summed E-state index contributed by atoms with van der Waals surface area (Å²) in [7, 11) is 0. The minimum Gasteiger partial charge on any atom is -0.489 e. The van der Waals surface area contributed by atoms with Crippen molar-refractivity contribution in [3.8, 4) is 17.0 Å². The molecule has 160 valence electrons. The molecule has 10 heteroatoms. The summed E-state index contributed by atoms with van der Waals surface area (Å²) in [5.41, 5.74) is 3.47. The van der Waals surface area contributed by atoms with E-state index >= 15 is 0 Å². The van der Waals surface area contributed by atoms with Crippen LogP contribution in [0.1, 0.15) is 34.4 Å². The zero-order valence-corrected chi connectivity index (χ0v) is 18.8. The van der Waals surface area contributed by atoms with E-state index in [1.807, 2.05) is 23.9 Å². The number of nitrogens with zero attached hydrogens (tertiary/aromatic N) is 4. The van der Waals surface area contributed by atoms with Crippen molar-refractivity contribution in [2.45, 2.75) is 33.9 Å². The molecule has 0 fully saturated rings. The van der Waals surface area contributed by atoms with Gasteiger partial charge in [-0.1, -0.05) is 16.8 Å². The summed E-state index contributed by atoms with van der Waals surface area (Å²) in [6.07, 6.45) is 1.78. The first kappa shape index (κ1) is 21.1. The fourth-order valence-corrected chi connectivity index (χ4v) is 3.89. The van der Waals surface area contributed by atoms with Gasteiger partial charge in [-0.05, 0) is 45.0 Å². The number of halogens is 1. The Morgan fingerprint density at radius 3 is 2.77 bits per heavy atom. The predicted octanol–water partition coefficient (Wildman–Crippen LogP) is 5.12. The maximum atomic E-state index is 12.8. The highest BCUT2D eigenvalue weighted by molar-refractivity contribution is 7.14. The van der Waals surface area contributed by atoms with Gasteiger partial charge in [-0.25, -0.2) is 4.98 Å². The van der Waals surface area contributed by atoms with Crippen molar-refractivity contribution in [1.82, 2.24) is 19.9 Å². The second-order valence-electron chi connectivity index (χ2n) is 6.76. The molecule has 0 aliphatic rings. The summed E-state index contributed by atoms with van der Waals surface area (Å²) in [5, 5.41) is 14.0. The minimum atomic E-state index is -0.409. The average Bonchev–Trinajstić information content (AvgIpc) is 3.46. The normalized spacial score (nSPS) is 11.0. The van der Waals surface area contributed by atoms with Gasteiger partial charge in [0.15, 0.2) is 10.8 Å². The van der Waals surface area contributed by atoms with Crippen LogP contribution in [0.5, 0.6) is 5.75 Å². The molecule has 0 saturated carbocycles. The lowest BCUT2D eigenvalue weighted by molar-refractivity contribution is 0.101. The van der Waals surface area contributed by atoms with Gasteiger partial charge in [-0.2, -0.15) is 5.10 Å². The summed E-state index contributed by atoms with van der Waals surface area (Å²) < 4.78 is 12.9. The van der Waals surface area contributed by atoms with Crippen LogP contribution >= 0.6 is 22.9 Å². The first-order valence-corrected chi connectivity index (χ1v) is 10.8. The predicted molar refractivity (Wildman–Crippen MR) is 119 cm³/mol. The molecule has 8 nitrogen and oxygen atoms in total. The Morgan fingerprint density at radius 2 is 2.06 bits per heavy atom. The number of aryl methyl sites for hydroxylation is 2. The summed E-state index contributed by atoms with van der Waals surface area (Å²) >= 11 is 7.23. The number of carbonyl (C=O) groups excluding carboxylic acids is 1. The maximum Gasteiger partial charge on any atom is 0.280 e. The van der Waals surface area contributed by atoms with Crippen molar-refractivity contribution in [2.24, 2.45) is 0 Å². The third-order valence-electron chi connectivity index (χ3n) is 4.80. The van der Waals surface area contributed by atoms with E-state index in [9.17, 15) is 4.79 Å². The number of anilines is 1. The molecule has 0 saturated heterocycles. The van der Waals surface area contributed by atoms with Crippen LogP contribution < -0.4 is 10.1 Å². The van der Waals surface area contributed by atoms with E-state index in [-0.39, 0.29) is 12.3 Å². The summed E-state index contributed by atoms with van der Waals surface area (Å²) in [4.78, 5) is 17.3. The van der Waals surface area contributed by atoms with Gasteiger partial charge in [0, 0.05) is 28.2 Å². The van der Waals surface area contributed by atoms with E-state index in [1.165, 1.54) is 11.3 Å². The number of rotatable bonds is 7. The molecule has 0 unspecified atom stereocenters. The highest BCUT2D eigenvalue weighted by atomic mass is 35.5. The molecule has 3 heterocycles. The fourth-order valence-electron chi connectivity index (χ4n) is 3.05. The lowest BCUT2D eigenvalue weighted by atomic mass is 10.2. The van der Waals surface area contributed by atoms with Gasteiger partial charge < -0.3 is 9.26 Å². The number of benzene rings is 1. The van der Waals surface area contributed by atoms with Gasteiger partial charge >= 0.3 is 0 Å². The molecule has 4 aromatic rings. The largest absolute Gasteiger partial charge is 0.489 e. The quantitative estimate of drug-likeness (QED) is 0.414. The molecule has 4 rings (SSSR count). The summed E-state index contributed by atoms with van der Waals surface area (Å²) in [6, 6.07) is 6.98. The molecule has 31 heavy (non-hydrogen) atoms. The molecule has 0 aliphatic carbocycles. The van der Waals surface area contributed by atoms with Crippen molar-refractivity contribution >= 4 is 34.0 Å². The Kier molecular flexibility index (Phi) is 6.06. The first-order valence-electron chi connectivity index (χ1n) is 9.59. The number of amides is 1. The Morgan fingerprint density at radius 1 is 1.29 bits per heavy atom. The van der Waals surface area contributed by atoms with Crippen molar-refractivity contribution in [1.29, 1.82) is 0 Å². The number of carbonyl (C=O) groups is 1. The number of thiazole rings is 1. The SMILES string of the molecule is CCn1ncc(-c2csc(NC(=O)c3noc(C)c3COc3ccc(Cl)cc3)n2)c1C. The Hall–Kier alpha value is -3.17. The van der Waals surface area contributed by atoms with E-state index in [4.69, 9.17) is 20.9 Å². The highest BCUT2D eigenvalue weighted by Crippen LogP contribution is 2.28. The van der Waals surface area contributed by atoms with Crippen LogP contribution in [0.25, 0.3) is 11.3 Å².